The van der Waals surface area contributed by atoms with Crippen LogP contribution in [0.2, 0.25) is 0 Å². The number of hydrogen-bond acceptors (Lipinski definition) is 4. The molecule has 0 fully saturated rings. The van der Waals surface area contributed by atoms with E-state index in [1.54, 1.807) is 13.0 Å². The van der Waals surface area contributed by atoms with Crippen molar-refractivity contribution in [3.8, 4) is 5.88 Å². The van der Waals surface area contributed by atoms with Crippen molar-refractivity contribution < 1.29 is 14.3 Å². The second kappa shape index (κ2) is 6.06. The van der Waals surface area contributed by atoms with Crippen molar-refractivity contribution in [2.24, 2.45) is 0 Å². The number of carbonyl (C=O) groups is 1. The van der Waals surface area contributed by atoms with E-state index < -0.39 is 5.97 Å². The van der Waals surface area contributed by atoms with Crippen molar-refractivity contribution in [3.05, 3.63) is 11.8 Å². The summed E-state index contributed by atoms with van der Waals surface area (Å²) in [4.78, 5) is 11.2. The van der Waals surface area contributed by atoms with E-state index in [1.807, 2.05) is 0 Å². The third kappa shape index (κ3) is 3.61. The van der Waals surface area contributed by atoms with E-state index in [1.165, 1.54) is 0 Å². The summed E-state index contributed by atoms with van der Waals surface area (Å²) in [7, 11) is 0. The van der Waals surface area contributed by atoms with Crippen LogP contribution in [0, 0.1) is 0 Å². The molecule has 5 heteroatoms. The molecule has 0 bridgehead atoms. The number of esters is 1. The second-order valence-corrected chi connectivity index (χ2v) is 3.04. The van der Waals surface area contributed by atoms with Crippen LogP contribution in [0.25, 0.3) is 0 Å². The molecule has 0 saturated carbocycles. The van der Waals surface area contributed by atoms with Gasteiger partial charge in [0.15, 0.2) is 0 Å². The fourth-order valence-electron chi connectivity index (χ4n) is 1.01. The number of unbranched alkanes of at least 4 members (excludes halogenated alkanes) is 1. The third-order valence-electron chi connectivity index (χ3n) is 1.80. The Hall–Kier alpha value is -1.52. The molecule has 1 rings (SSSR count). The maximum Gasteiger partial charge on any atom is 0.356 e. The number of ether oxygens (including phenoxy) is 2. The van der Waals surface area contributed by atoms with Gasteiger partial charge in [-0.2, -0.15) is 0 Å². The van der Waals surface area contributed by atoms with Crippen molar-refractivity contribution in [2.45, 2.75) is 26.7 Å². The van der Waals surface area contributed by atoms with Gasteiger partial charge >= 0.3 is 5.97 Å². The minimum absolute atomic E-state index is 0.323. The SMILES string of the molecule is CCCCOc1cc(C(=O)OCC)[nH]n1. The van der Waals surface area contributed by atoms with Crippen LogP contribution in [0.5, 0.6) is 5.88 Å². The number of aromatic amines is 1. The highest BCUT2D eigenvalue weighted by Gasteiger charge is 2.10. The number of H-pyrrole nitrogens is 1. The average Bonchev–Trinajstić information content (AvgIpc) is 2.67. The van der Waals surface area contributed by atoms with Gasteiger partial charge in [-0.05, 0) is 13.3 Å². The van der Waals surface area contributed by atoms with Gasteiger partial charge in [-0.1, -0.05) is 13.3 Å². The molecule has 1 aromatic heterocycles. The van der Waals surface area contributed by atoms with Gasteiger partial charge in [0.2, 0.25) is 5.88 Å². The Bertz CT molecular complexity index is 309. The van der Waals surface area contributed by atoms with Gasteiger partial charge in [-0.25, -0.2) is 4.79 Å². The summed E-state index contributed by atoms with van der Waals surface area (Å²) in [5.41, 5.74) is 0.323. The van der Waals surface area contributed by atoms with E-state index in [2.05, 4.69) is 17.1 Å². The Balaban J connectivity index is 2.45. The van der Waals surface area contributed by atoms with E-state index in [0.29, 0.717) is 24.8 Å². The number of hydrogen-bond donors (Lipinski definition) is 1. The summed E-state index contributed by atoms with van der Waals surface area (Å²) >= 11 is 0. The van der Waals surface area contributed by atoms with E-state index in [0.717, 1.165) is 12.8 Å². The molecule has 5 nitrogen and oxygen atoms in total. The standard InChI is InChI=1S/C10H16N2O3/c1-3-5-6-15-9-7-8(11-12-9)10(13)14-4-2/h7H,3-6H2,1-2H3,(H,11,12). The first kappa shape index (κ1) is 11.6. The molecule has 0 unspecified atom stereocenters. The summed E-state index contributed by atoms with van der Waals surface area (Å²) < 4.78 is 10.1. The molecule has 15 heavy (non-hydrogen) atoms. The smallest absolute Gasteiger partial charge is 0.356 e. The molecular formula is C10H16N2O3. The molecule has 0 aromatic carbocycles. The van der Waals surface area contributed by atoms with Crippen molar-refractivity contribution >= 4 is 5.97 Å². The number of nitrogens with one attached hydrogen (secondary N) is 1. The Morgan fingerprint density at radius 1 is 1.53 bits per heavy atom. The Morgan fingerprint density at radius 2 is 2.33 bits per heavy atom. The first-order chi connectivity index (χ1) is 7.27. The molecule has 0 amide bonds. The lowest BCUT2D eigenvalue weighted by Crippen LogP contribution is -2.04. The fraction of sp³-hybridized carbons (Fsp3) is 0.600. The predicted molar refractivity (Wildman–Crippen MR) is 54.9 cm³/mol. The molecule has 0 radical (unpaired) electrons. The summed E-state index contributed by atoms with van der Waals surface area (Å²) in [5, 5.41) is 6.41. The Labute approximate surface area is 88.8 Å². The molecular weight excluding hydrogens is 196 g/mol. The van der Waals surface area contributed by atoms with Crippen molar-refractivity contribution in [1.82, 2.24) is 10.2 Å². The zero-order valence-electron chi connectivity index (χ0n) is 9.08. The average molecular weight is 212 g/mol. The largest absolute Gasteiger partial charge is 0.477 e. The monoisotopic (exact) mass is 212 g/mol. The van der Waals surface area contributed by atoms with Crippen LogP contribution in [-0.4, -0.2) is 29.4 Å². The normalized spacial score (nSPS) is 10.0. The number of carbonyl (C=O) groups excluding carboxylic acids is 1. The van der Waals surface area contributed by atoms with E-state index >= 15 is 0 Å². The number of nitrogens with zero attached hydrogens (tertiary/aromatic N) is 1. The quantitative estimate of drug-likeness (QED) is 0.576. The molecule has 84 valence electrons. The van der Waals surface area contributed by atoms with Crippen LogP contribution in [0.1, 0.15) is 37.2 Å². The van der Waals surface area contributed by atoms with Gasteiger partial charge in [-0.15, -0.1) is 5.10 Å². The fourth-order valence-corrected chi connectivity index (χ4v) is 1.01. The highest BCUT2D eigenvalue weighted by atomic mass is 16.5. The van der Waals surface area contributed by atoms with Crippen LogP contribution >= 0.6 is 0 Å². The van der Waals surface area contributed by atoms with Crippen LogP contribution in [0.4, 0.5) is 0 Å². The lowest BCUT2D eigenvalue weighted by molar-refractivity contribution is 0.0519. The van der Waals surface area contributed by atoms with Crippen molar-refractivity contribution in [2.75, 3.05) is 13.2 Å². The van der Waals surface area contributed by atoms with E-state index in [9.17, 15) is 4.79 Å². The summed E-state index contributed by atoms with van der Waals surface area (Å²) in [6.07, 6.45) is 2.04. The third-order valence-corrected chi connectivity index (χ3v) is 1.80. The molecule has 1 heterocycles. The lowest BCUT2D eigenvalue weighted by atomic mass is 10.4. The highest BCUT2D eigenvalue weighted by molar-refractivity contribution is 5.87. The van der Waals surface area contributed by atoms with Crippen LogP contribution < -0.4 is 4.74 Å². The minimum Gasteiger partial charge on any atom is -0.477 e. The summed E-state index contributed by atoms with van der Waals surface area (Å²) in [5.74, 6) is 0.0295. The van der Waals surface area contributed by atoms with E-state index in [4.69, 9.17) is 9.47 Å². The minimum atomic E-state index is -0.407. The summed E-state index contributed by atoms with van der Waals surface area (Å²) in [6.45, 7) is 4.80. The molecule has 1 N–H and O–H groups in total. The van der Waals surface area contributed by atoms with Crippen LogP contribution in [0.15, 0.2) is 6.07 Å². The van der Waals surface area contributed by atoms with Gasteiger partial charge in [0, 0.05) is 6.07 Å². The Kier molecular flexibility index (Phi) is 4.66. The van der Waals surface area contributed by atoms with Gasteiger partial charge in [0.1, 0.15) is 5.69 Å². The van der Waals surface area contributed by atoms with Crippen molar-refractivity contribution in [1.29, 1.82) is 0 Å². The van der Waals surface area contributed by atoms with Gasteiger partial charge < -0.3 is 9.47 Å². The van der Waals surface area contributed by atoms with Gasteiger partial charge in [0.25, 0.3) is 0 Å². The molecule has 0 aliphatic carbocycles. The zero-order valence-corrected chi connectivity index (χ0v) is 9.08. The van der Waals surface area contributed by atoms with E-state index in [-0.39, 0.29) is 0 Å². The predicted octanol–water partition coefficient (Wildman–Crippen LogP) is 1.77. The molecule has 0 atom stereocenters. The topological polar surface area (TPSA) is 64.2 Å². The van der Waals surface area contributed by atoms with Crippen molar-refractivity contribution in [3.63, 3.8) is 0 Å². The van der Waals surface area contributed by atoms with Crippen LogP contribution in [-0.2, 0) is 4.74 Å². The van der Waals surface area contributed by atoms with Crippen LogP contribution in [0.3, 0.4) is 0 Å². The lowest BCUT2D eigenvalue weighted by Gasteiger charge is -1.98. The first-order valence-electron chi connectivity index (χ1n) is 5.13. The molecule has 0 spiro atoms. The zero-order chi connectivity index (χ0) is 11.1. The molecule has 0 aliphatic rings. The maximum absolute atomic E-state index is 11.2. The first-order valence-corrected chi connectivity index (χ1v) is 5.13. The second-order valence-electron chi connectivity index (χ2n) is 3.04. The summed E-state index contributed by atoms with van der Waals surface area (Å²) in [6, 6.07) is 1.55. The number of rotatable bonds is 6. The molecule has 1 aromatic rings. The molecule has 0 aliphatic heterocycles. The Morgan fingerprint density at radius 3 is 3.00 bits per heavy atom. The highest BCUT2D eigenvalue weighted by Crippen LogP contribution is 2.09. The number of aromatic nitrogens is 2. The maximum atomic E-state index is 11.2. The van der Waals surface area contributed by atoms with Gasteiger partial charge in [-0.3, -0.25) is 5.10 Å². The van der Waals surface area contributed by atoms with Gasteiger partial charge in [0.05, 0.1) is 13.2 Å². The molecule has 0 saturated heterocycles.